The number of nitrogens with one attached hydrogen (secondary N) is 1. The third kappa shape index (κ3) is 5.33. The van der Waals surface area contributed by atoms with Crippen LogP contribution in [0.2, 0.25) is 0 Å². The lowest BCUT2D eigenvalue weighted by Crippen LogP contribution is -2.36. The van der Waals surface area contributed by atoms with Gasteiger partial charge >= 0.3 is 0 Å². The van der Waals surface area contributed by atoms with E-state index in [0.29, 0.717) is 6.04 Å². The van der Waals surface area contributed by atoms with E-state index in [2.05, 4.69) is 98.9 Å². The van der Waals surface area contributed by atoms with Crippen molar-refractivity contribution in [1.29, 1.82) is 0 Å². The van der Waals surface area contributed by atoms with Crippen LogP contribution in [0.3, 0.4) is 0 Å². The molecule has 1 N–H and O–H groups in total. The maximum absolute atomic E-state index is 5.91. The van der Waals surface area contributed by atoms with Gasteiger partial charge in [-0.2, -0.15) is 0 Å². The van der Waals surface area contributed by atoms with Crippen molar-refractivity contribution >= 4 is 0 Å². The maximum Gasteiger partial charge on any atom is 0.109 e. The van der Waals surface area contributed by atoms with E-state index in [0.717, 1.165) is 24.4 Å². The molecule has 0 amide bonds. The summed E-state index contributed by atoms with van der Waals surface area (Å²) in [6.45, 7) is 8.81. The topological polar surface area (TPSA) is 25.2 Å². The van der Waals surface area contributed by atoms with Crippen molar-refractivity contribution in [3.63, 3.8) is 0 Å². The zero-order chi connectivity index (χ0) is 19.3. The molecule has 0 radical (unpaired) electrons. The van der Waals surface area contributed by atoms with Crippen LogP contribution in [-0.4, -0.2) is 6.04 Å². The summed E-state index contributed by atoms with van der Waals surface area (Å²) >= 11 is 0. The first-order valence-corrected chi connectivity index (χ1v) is 9.86. The maximum atomic E-state index is 5.91. The molecule has 3 aromatic rings. The Morgan fingerprint density at radius 3 is 2.11 bits per heavy atom. The lowest BCUT2D eigenvalue weighted by atomic mass is 9.83. The van der Waals surface area contributed by atoms with Crippen LogP contribution in [0.15, 0.2) is 77.2 Å². The van der Waals surface area contributed by atoms with Crippen LogP contribution in [-0.2, 0) is 11.8 Å². The van der Waals surface area contributed by atoms with Crippen molar-refractivity contribution in [2.45, 2.75) is 58.0 Å². The van der Waals surface area contributed by atoms with Crippen molar-refractivity contribution in [3.05, 3.63) is 95.4 Å². The second-order valence-corrected chi connectivity index (χ2v) is 8.22. The summed E-state index contributed by atoms with van der Waals surface area (Å²) in [7, 11) is 0. The van der Waals surface area contributed by atoms with Crippen LogP contribution < -0.4 is 5.32 Å². The molecule has 2 atom stereocenters. The summed E-state index contributed by atoms with van der Waals surface area (Å²) < 4.78 is 5.91. The Hall–Kier alpha value is -2.32. The molecule has 0 saturated carbocycles. The van der Waals surface area contributed by atoms with Crippen molar-refractivity contribution < 1.29 is 4.42 Å². The average Bonchev–Trinajstić information content (AvgIpc) is 3.10. The number of hydrogen-bond donors (Lipinski definition) is 1. The number of hydrogen-bond acceptors (Lipinski definition) is 2. The standard InChI is InChI=1S/C25H31NO/c1-19(18-25(3,4)24-16-15-20(2)27-24)26-23(22-13-9-6-10-14-22)17-21-11-7-5-8-12-21/h5-16,19,23,26H,17-18H2,1-4H3. The highest BCUT2D eigenvalue weighted by atomic mass is 16.3. The number of furan rings is 1. The molecule has 2 nitrogen and oxygen atoms in total. The van der Waals surface area contributed by atoms with Gasteiger partial charge in [0.15, 0.2) is 0 Å². The molecular formula is C25H31NO. The van der Waals surface area contributed by atoms with Gasteiger partial charge in [-0.1, -0.05) is 74.5 Å². The summed E-state index contributed by atoms with van der Waals surface area (Å²) in [6.07, 6.45) is 1.99. The van der Waals surface area contributed by atoms with Crippen LogP contribution in [0, 0.1) is 6.92 Å². The summed E-state index contributed by atoms with van der Waals surface area (Å²) in [4.78, 5) is 0. The minimum atomic E-state index is -0.00530. The Morgan fingerprint density at radius 2 is 1.52 bits per heavy atom. The van der Waals surface area contributed by atoms with Gasteiger partial charge in [0.25, 0.3) is 0 Å². The quantitative estimate of drug-likeness (QED) is 0.515. The molecule has 1 aromatic heterocycles. The molecule has 3 rings (SSSR count). The van der Waals surface area contributed by atoms with Crippen molar-refractivity contribution in [2.24, 2.45) is 0 Å². The van der Waals surface area contributed by atoms with Crippen molar-refractivity contribution in [1.82, 2.24) is 5.32 Å². The first kappa shape index (κ1) is 19.4. The van der Waals surface area contributed by atoms with E-state index >= 15 is 0 Å². The number of aryl methyl sites for hydroxylation is 1. The summed E-state index contributed by atoms with van der Waals surface area (Å²) in [5, 5.41) is 3.87. The molecule has 0 aliphatic rings. The Morgan fingerprint density at radius 1 is 0.889 bits per heavy atom. The van der Waals surface area contributed by atoms with E-state index in [-0.39, 0.29) is 11.5 Å². The lowest BCUT2D eigenvalue weighted by molar-refractivity contribution is 0.306. The van der Waals surface area contributed by atoms with Crippen molar-refractivity contribution in [3.8, 4) is 0 Å². The smallest absolute Gasteiger partial charge is 0.109 e. The SMILES string of the molecule is Cc1ccc(C(C)(C)CC(C)NC(Cc2ccccc2)c2ccccc2)o1. The predicted molar refractivity (Wildman–Crippen MR) is 113 cm³/mol. The molecule has 0 aliphatic heterocycles. The Balaban J connectivity index is 1.73. The largest absolute Gasteiger partial charge is 0.466 e. The first-order chi connectivity index (χ1) is 12.9. The normalized spacial score (nSPS) is 14.1. The van der Waals surface area contributed by atoms with E-state index in [1.807, 2.05) is 6.92 Å². The van der Waals surface area contributed by atoms with E-state index in [9.17, 15) is 0 Å². The van der Waals surface area contributed by atoms with Crippen LogP contribution >= 0.6 is 0 Å². The Bertz CT molecular complexity index is 820. The molecule has 0 spiro atoms. The molecule has 0 bridgehead atoms. The van der Waals surface area contributed by atoms with E-state index in [1.54, 1.807) is 0 Å². The fraction of sp³-hybridized carbons (Fsp3) is 0.360. The van der Waals surface area contributed by atoms with E-state index in [4.69, 9.17) is 4.42 Å². The van der Waals surface area contributed by atoms with Gasteiger partial charge in [-0.15, -0.1) is 0 Å². The highest BCUT2D eigenvalue weighted by molar-refractivity contribution is 5.24. The van der Waals surface area contributed by atoms with E-state index in [1.165, 1.54) is 11.1 Å². The van der Waals surface area contributed by atoms with E-state index < -0.39 is 0 Å². The second-order valence-electron chi connectivity index (χ2n) is 8.22. The lowest BCUT2D eigenvalue weighted by Gasteiger charge is -2.30. The number of benzene rings is 2. The molecule has 0 saturated heterocycles. The zero-order valence-corrected chi connectivity index (χ0v) is 16.9. The molecule has 0 aliphatic carbocycles. The van der Waals surface area contributed by atoms with Crippen LogP contribution in [0.4, 0.5) is 0 Å². The highest BCUT2D eigenvalue weighted by Crippen LogP contribution is 2.31. The molecule has 142 valence electrons. The Kier molecular flexibility index (Phi) is 6.18. The average molecular weight is 362 g/mol. The minimum Gasteiger partial charge on any atom is -0.466 e. The molecule has 2 heteroatoms. The van der Waals surface area contributed by atoms with Gasteiger partial charge in [-0.05, 0) is 49.9 Å². The van der Waals surface area contributed by atoms with Gasteiger partial charge in [0, 0.05) is 17.5 Å². The van der Waals surface area contributed by atoms with Gasteiger partial charge in [0.2, 0.25) is 0 Å². The third-order valence-corrected chi connectivity index (χ3v) is 5.19. The van der Waals surface area contributed by atoms with Gasteiger partial charge < -0.3 is 9.73 Å². The monoisotopic (exact) mass is 361 g/mol. The second kappa shape index (κ2) is 8.58. The summed E-state index contributed by atoms with van der Waals surface area (Å²) in [5.41, 5.74) is 2.68. The van der Waals surface area contributed by atoms with Crippen LogP contribution in [0.5, 0.6) is 0 Å². The summed E-state index contributed by atoms with van der Waals surface area (Å²) in [5.74, 6) is 2.04. The third-order valence-electron chi connectivity index (χ3n) is 5.19. The molecular weight excluding hydrogens is 330 g/mol. The molecule has 0 fully saturated rings. The highest BCUT2D eigenvalue weighted by Gasteiger charge is 2.27. The van der Waals surface area contributed by atoms with Gasteiger partial charge in [0.05, 0.1) is 0 Å². The Labute approximate surface area is 163 Å². The predicted octanol–water partition coefficient (Wildman–Crippen LogP) is 6.22. The van der Waals surface area contributed by atoms with Crippen LogP contribution in [0.1, 0.15) is 55.9 Å². The van der Waals surface area contributed by atoms with Gasteiger partial charge in [-0.25, -0.2) is 0 Å². The fourth-order valence-electron chi connectivity index (χ4n) is 3.87. The molecule has 2 unspecified atom stereocenters. The van der Waals surface area contributed by atoms with Crippen molar-refractivity contribution in [2.75, 3.05) is 0 Å². The zero-order valence-electron chi connectivity index (χ0n) is 16.9. The summed E-state index contributed by atoms with van der Waals surface area (Å²) in [6, 6.07) is 26.3. The molecule has 27 heavy (non-hydrogen) atoms. The van der Waals surface area contributed by atoms with Gasteiger partial charge in [-0.3, -0.25) is 0 Å². The molecule has 1 heterocycles. The molecule has 2 aromatic carbocycles. The fourth-order valence-corrected chi connectivity index (χ4v) is 3.87. The first-order valence-electron chi connectivity index (χ1n) is 9.86. The van der Waals surface area contributed by atoms with Gasteiger partial charge in [0.1, 0.15) is 11.5 Å². The number of rotatable bonds is 8. The van der Waals surface area contributed by atoms with Crippen LogP contribution in [0.25, 0.3) is 0 Å². The minimum absolute atomic E-state index is 0.00530.